The van der Waals surface area contributed by atoms with Crippen molar-refractivity contribution in [3.8, 4) is 0 Å². The molecule has 0 aliphatic heterocycles. The molecule has 1 rings (SSSR count). The Balaban J connectivity index is 2.68. The Bertz CT molecular complexity index is 239. The summed E-state index contributed by atoms with van der Waals surface area (Å²) in [7, 11) is 0. The SMILES string of the molecule is CCCNC(c1ncc[nH]1)C(CC)CC. The summed E-state index contributed by atoms with van der Waals surface area (Å²) in [5.74, 6) is 1.75. The molecule has 1 atom stereocenters. The highest BCUT2D eigenvalue weighted by Crippen LogP contribution is 2.24. The molecule has 0 aromatic carbocycles. The molecule has 0 amide bonds. The molecule has 0 radical (unpaired) electrons. The fourth-order valence-corrected chi connectivity index (χ4v) is 1.99. The molecule has 0 aliphatic carbocycles. The van der Waals surface area contributed by atoms with Gasteiger partial charge in [0.1, 0.15) is 5.82 Å². The Morgan fingerprint density at radius 3 is 2.53 bits per heavy atom. The van der Waals surface area contributed by atoms with E-state index in [4.69, 9.17) is 0 Å². The van der Waals surface area contributed by atoms with Crippen LogP contribution in [0.2, 0.25) is 0 Å². The highest BCUT2D eigenvalue weighted by atomic mass is 15.0. The largest absolute Gasteiger partial charge is 0.347 e. The molecule has 0 aliphatic rings. The summed E-state index contributed by atoms with van der Waals surface area (Å²) in [4.78, 5) is 7.59. The van der Waals surface area contributed by atoms with Crippen LogP contribution in [0.5, 0.6) is 0 Å². The minimum atomic E-state index is 0.384. The Labute approximate surface area is 92.7 Å². The maximum atomic E-state index is 4.37. The third-order valence-electron chi connectivity index (χ3n) is 2.95. The lowest BCUT2D eigenvalue weighted by molar-refractivity contribution is 0.330. The fraction of sp³-hybridized carbons (Fsp3) is 0.750. The van der Waals surface area contributed by atoms with E-state index in [-0.39, 0.29) is 0 Å². The molecule has 0 fully saturated rings. The van der Waals surface area contributed by atoms with Gasteiger partial charge in [-0.1, -0.05) is 33.6 Å². The van der Waals surface area contributed by atoms with Crippen molar-refractivity contribution in [3.63, 3.8) is 0 Å². The highest BCUT2D eigenvalue weighted by molar-refractivity contribution is 4.98. The van der Waals surface area contributed by atoms with Gasteiger partial charge in [-0.3, -0.25) is 0 Å². The first-order valence-electron chi connectivity index (χ1n) is 6.06. The molecule has 0 spiro atoms. The number of nitrogens with one attached hydrogen (secondary N) is 2. The first kappa shape index (κ1) is 12.2. The predicted octanol–water partition coefficient (Wildman–Crippen LogP) is 2.89. The van der Waals surface area contributed by atoms with Gasteiger partial charge in [-0.15, -0.1) is 0 Å². The number of H-pyrrole nitrogens is 1. The maximum Gasteiger partial charge on any atom is 0.123 e. The van der Waals surface area contributed by atoms with Gasteiger partial charge >= 0.3 is 0 Å². The number of hydrogen-bond acceptors (Lipinski definition) is 2. The number of rotatable bonds is 7. The van der Waals surface area contributed by atoms with Gasteiger partial charge in [0.25, 0.3) is 0 Å². The second-order valence-corrected chi connectivity index (χ2v) is 3.98. The van der Waals surface area contributed by atoms with Crippen molar-refractivity contribution in [3.05, 3.63) is 18.2 Å². The summed E-state index contributed by atoms with van der Waals surface area (Å²) in [5, 5.41) is 3.58. The minimum Gasteiger partial charge on any atom is -0.347 e. The zero-order valence-electron chi connectivity index (χ0n) is 10.1. The molecular formula is C12H23N3. The Morgan fingerprint density at radius 1 is 1.33 bits per heavy atom. The van der Waals surface area contributed by atoms with Gasteiger partial charge in [-0.05, 0) is 18.9 Å². The first-order valence-corrected chi connectivity index (χ1v) is 6.06. The van der Waals surface area contributed by atoms with Crippen molar-refractivity contribution in [2.75, 3.05) is 6.54 Å². The van der Waals surface area contributed by atoms with Crippen molar-refractivity contribution >= 4 is 0 Å². The van der Waals surface area contributed by atoms with E-state index in [1.54, 1.807) is 0 Å². The minimum absolute atomic E-state index is 0.384. The van der Waals surface area contributed by atoms with Crippen molar-refractivity contribution in [2.24, 2.45) is 5.92 Å². The van der Waals surface area contributed by atoms with Crippen LogP contribution in [0, 0.1) is 5.92 Å². The third-order valence-corrected chi connectivity index (χ3v) is 2.95. The summed E-state index contributed by atoms with van der Waals surface area (Å²) in [6.07, 6.45) is 7.28. The maximum absolute atomic E-state index is 4.37. The number of aromatic nitrogens is 2. The smallest absolute Gasteiger partial charge is 0.123 e. The molecule has 15 heavy (non-hydrogen) atoms. The Morgan fingerprint density at radius 2 is 2.07 bits per heavy atom. The van der Waals surface area contributed by atoms with Crippen molar-refractivity contribution in [1.82, 2.24) is 15.3 Å². The first-order chi connectivity index (χ1) is 7.33. The summed E-state index contributed by atoms with van der Waals surface area (Å²) >= 11 is 0. The number of nitrogens with zero attached hydrogens (tertiary/aromatic N) is 1. The Kier molecular flexibility index (Phi) is 5.40. The molecule has 3 heteroatoms. The number of aromatic amines is 1. The van der Waals surface area contributed by atoms with Crippen molar-refractivity contribution in [2.45, 2.75) is 46.1 Å². The molecule has 0 saturated heterocycles. The van der Waals surface area contributed by atoms with Crippen LogP contribution in [0.1, 0.15) is 51.9 Å². The topological polar surface area (TPSA) is 40.7 Å². The lowest BCUT2D eigenvalue weighted by Crippen LogP contribution is -2.29. The summed E-state index contributed by atoms with van der Waals surface area (Å²) in [6.45, 7) is 7.75. The van der Waals surface area contributed by atoms with Gasteiger partial charge in [0.15, 0.2) is 0 Å². The average molecular weight is 209 g/mol. The summed E-state index contributed by atoms with van der Waals surface area (Å²) in [6, 6.07) is 0.384. The van der Waals surface area contributed by atoms with E-state index in [1.807, 2.05) is 12.4 Å². The molecule has 1 unspecified atom stereocenters. The van der Waals surface area contributed by atoms with Crippen LogP contribution >= 0.6 is 0 Å². The normalized spacial score (nSPS) is 13.3. The van der Waals surface area contributed by atoms with Gasteiger partial charge in [-0.25, -0.2) is 4.98 Å². The second-order valence-electron chi connectivity index (χ2n) is 3.98. The predicted molar refractivity (Wildman–Crippen MR) is 63.7 cm³/mol. The van der Waals surface area contributed by atoms with Crippen LogP contribution in [0.4, 0.5) is 0 Å². The molecular weight excluding hydrogens is 186 g/mol. The van der Waals surface area contributed by atoms with E-state index in [0.717, 1.165) is 18.8 Å². The quantitative estimate of drug-likeness (QED) is 0.725. The fourth-order valence-electron chi connectivity index (χ4n) is 1.99. The second kappa shape index (κ2) is 6.62. The monoisotopic (exact) mass is 209 g/mol. The average Bonchev–Trinajstić information content (AvgIpc) is 2.77. The Hall–Kier alpha value is -0.830. The van der Waals surface area contributed by atoms with Gasteiger partial charge < -0.3 is 10.3 Å². The lowest BCUT2D eigenvalue weighted by Gasteiger charge is -2.24. The van der Waals surface area contributed by atoms with E-state index in [2.05, 4.69) is 36.1 Å². The molecule has 0 saturated carbocycles. The van der Waals surface area contributed by atoms with Crippen LogP contribution in [-0.4, -0.2) is 16.5 Å². The summed E-state index contributed by atoms with van der Waals surface area (Å²) in [5.41, 5.74) is 0. The number of imidazole rings is 1. The highest BCUT2D eigenvalue weighted by Gasteiger charge is 2.21. The third kappa shape index (κ3) is 3.34. The lowest BCUT2D eigenvalue weighted by atomic mass is 9.93. The van der Waals surface area contributed by atoms with E-state index in [0.29, 0.717) is 12.0 Å². The van der Waals surface area contributed by atoms with Crippen LogP contribution in [0.15, 0.2) is 12.4 Å². The molecule has 1 aromatic rings. The van der Waals surface area contributed by atoms with Crippen molar-refractivity contribution < 1.29 is 0 Å². The van der Waals surface area contributed by atoms with E-state index >= 15 is 0 Å². The van der Waals surface area contributed by atoms with Crippen LogP contribution in [0.25, 0.3) is 0 Å². The standard InChI is InChI=1S/C12H23N3/c1-4-7-13-11(10(5-2)6-3)12-14-8-9-15-12/h8-11,13H,4-7H2,1-3H3,(H,14,15). The van der Waals surface area contributed by atoms with Crippen LogP contribution in [-0.2, 0) is 0 Å². The van der Waals surface area contributed by atoms with Gasteiger partial charge in [0.05, 0.1) is 6.04 Å². The zero-order valence-corrected chi connectivity index (χ0v) is 10.1. The van der Waals surface area contributed by atoms with Gasteiger partial charge in [0, 0.05) is 12.4 Å². The number of hydrogen-bond donors (Lipinski definition) is 2. The molecule has 86 valence electrons. The molecule has 1 aromatic heterocycles. The van der Waals surface area contributed by atoms with Gasteiger partial charge in [-0.2, -0.15) is 0 Å². The summed E-state index contributed by atoms with van der Waals surface area (Å²) < 4.78 is 0. The van der Waals surface area contributed by atoms with Crippen LogP contribution in [0.3, 0.4) is 0 Å². The van der Waals surface area contributed by atoms with Crippen molar-refractivity contribution in [1.29, 1.82) is 0 Å². The van der Waals surface area contributed by atoms with E-state index < -0.39 is 0 Å². The van der Waals surface area contributed by atoms with E-state index in [1.165, 1.54) is 12.8 Å². The van der Waals surface area contributed by atoms with E-state index in [9.17, 15) is 0 Å². The van der Waals surface area contributed by atoms with Gasteiger partial charge in [0.2, 0.25) is 0 Å². The molecule has 2 N–H and O–H groups in total. The molecule has 0 bridgehead atoms. The zero-order chi connectivity index (χ0) is 11.1. The molecule has 3 nitrogen and oxygen atoms in total. The van der Waals surface area contributed by atoms with Crippen LogP contribution < -0.4 is 5.32 Å². The molecule has 1 heterocycles.